The molecule has 0 unspecified atom stereocenters. The summed E-state index contributed by atoms with van der Waals surface area (Å²) < 4.78 is 5.79. The summed E-state index contributed by atoms with van der Waals surface area (Å²) in [6, 6.07) is 27.4. The molecule has 2 heterocycles. The molecule has 204 valence electrons. The van der Waals surface area contributed by atoms with Crippen molar-refractivity contribution in [1.82, 2.24) is 10.2 Å². The lowest BCUT2D eigenvalue weighted by Crippen LogP contribution is -2.45. The van der Waals surface area contributed by atoms with Crippen LogP contribution in [0.15, 0.2) is 95.4 Å². The molecule has 4 aromatic rings. The number of benzene rings is 3. The molecule has 1 saturated heterocycles. The fraction of sp³-hybridized carbons (Fsp3) is 0.161. The van der Waals surface area contributed by atoms with E-state index in [4.69, 9.17) is 39.8 Å². The smallest absolute Gasteiger partial charge is 0.250 e. The van der Waals surface area contributed by atoms with Crippen LogP contribution in [0, 0.1) is 0 Å². The van der Waals surface area contributed by atoms with Crippen LogP contribution in [0.4, 0.5) is 11.4 Å². The van der Waals surface area contributed by atoms with Gasteiger partial charge in [0.05, 0.1) is 5.02 Å². The largest absolute Gasteiger partial charge is 0.457 e. The first-order chi connectivity index (χ1) is 19.4. The van der Waals surface area contributed by atoms with Gasteiger partial charge in [0.25, 0.3) is 0 Å². The lowest BCUT2D eigenvalue weighted by Gasteiger charge is -2.36. The van der Waals surface area contributed by atoms with Gasteiger partial charge < -0.3 is 14.6 Å². The van der Waals surface area contributed by atoms with Gasteiger partial charge in [-0.3, -0.25) is 15.0 Å². The number of nitrogens with one attached hydrogen (secondary N) is 2. The van der Waals surface area contributed by atoms with Crippen molar-refractivity contribution < 1.29 is 9.21 Å². The maximum absolute atomic E-state index is 12.4. The van der Waals surface area contributed by atoms with Gasteiger partial charge >= 0.3 is 0 Å². The minimum absolute atomic E-state index is 0.213. The van der Waals surface area contributed by atoms with Crippen LogP contribution in [-0.2, 0) is 11.3 Å². The van der Waals surface area contributed by atoms with E-state index < -0.39 is 0 Å². The summed E-state index contributed by atoms with van der Waals surface area (Å²) in [5.41, 5.74) is 4.04. The van der Waals surface area contributed by atoms with E-state index in [0.717, 1.165) is 44.0 Å². The van der Waals surface area contributed by atoms with E-state index in [1.807, 2.05) is 12.1 Å². The Morgan fingerprint density at radius 2 is 1.68 bits per heavy atom. The number of carbonyl (C=O) groups is 1. The predicted octanol–water partition coefficient (Wildman–Crippen LogP) is 7.10. The zero-order valence-electron chi connectivity index (χ0n) is 21.6. The molecule has 1 amide bonds. The lowest BCUT2D eigenvalue weighted by molar-refractivity contribution is -0.115. The van der Waals surface area contributed by atoms with Crippen LogP contribution >= 0.6 is 35.4 Å². The Hall–Kier alpha value is -3.62. The molecule has 1 fully saturated rings. The van der Waals surface area contributed by atoms with Crippen molar-refractivity contribution in [3.63, 3.8) is 0 Å². The zero-order valence-corrected chi connectivity index (χ0v) is 24.0. The van der Waals surface area contributed by atoms with E-state index in [0.29, 0.717) is 21.6 Å². The van der Waals surface area contributed by atoms with Crippen molar-refractivity contribution in [2.24, 2.45) is 0 Å². The molecular formula is C31H28Cl2N4O2S. The molecule has 3 aromatic carbocycles. The average molecular weight is 592 g/mol. The molecule has 9 heteroatoms. The molecule has 6 nitrogen and oxygen atoms in total. The van der Waals surface area contributed by atoms with Crippen LogP contribution in [0.3, 0.4) is 0 Å². The molecule has 0 aliphatic carbocycles. The standard InChI is InChI=1S/C31H28Cl2N4O2S/c32-23-6-13-27(28(33)20-23)29-14-11-26(39-29)12-15-30(38)35-31(40)34-24-7-9-25(10-8-24)37-18-16-36(17-19-37)21-22-4-2-1-3-5-22/h1-15,20H,16-19,21H2,(H2,34,35,38,40)/b15-12+. The van der Waals surface area contributed by atoms with Crippen molar-refractivity contribution in [2.45, 2.75) is 6.54 Å². The highest BCUT2D eigenvalue weighted by Gasteiger charge is 2.17. The summed E-state index contributed by atoms with van der Waals surface area (Å²) >= 11 is 17.5. The SMILES string of the molecule is O=C(/C=C/c1ccc(-c2ccc(Cl)cc2Cl)o1)NC(=S)Nc1ccc(N2CCN(Cc3ccccc3)CC2)cc1. The minimum Gasteiger partial charge on any atom is -0.457 e. The van der Waals surface area contributed by atoms with Crippen LogP contribution < -0.4 is 15.5 Å². The third-order valence-electron chi connectivity index (χ3n) is 6.57. The average Bonchev–Trinajstić information content (AvgIpc) is 3.42. The fourth-order valence-electron chi connectivity index (χ4n) is 4.51. The first-order valence-electron chi connectivity index (χ1n) is 12.9. The Morgan fingerprint density at radius 1 is 0.925 bits per heavy atom. The molecule has 0 spiro atoms. The lowest BCUT2D eigenvalue weighted by atomic mass is 10.2. The molecule has 5 rings (SSSR count). The van der Waals surface area contributed by atoms with Gasteiger partial charge in [-0.25, -0.2) is 0 Å². The number of rotatable bonds is 7. The third kappa shape index (κ3) is 7.52. The number of piperazine rings is 1. The summed E-state index contributed by atoms with van der Waals surface area (Å²) in [5, 5.41) is 6.97. The Kier molecular flexibility index (Phi) is 9.19. The summed E-state index contributed by atoms with van der Waals surface area (Å²) in [5.74, 6) is 0.716. The van der Waals surface area contributed by atoms with Gasteiger partial charge in [0.1, 0.15) is 11.5 Å². The van der Waals surface area contributed by atoms with Gasteiger partial charge in [0.2, 0.25) is 5.91 Å². The van der Waals surface area contributed by atoms with E-state index >= 15 is 0 Å². The van der Waals surface area contributed by atoms with Crippen LogP contribution in [-0.4, -0.2) is 42.1 Å². The van der Waals surface area contributed by atoms with Crippen LogP contribution in [0.5, 0.6) is 0 Å². The van der Waals surface area contributed by atoms with E-state index in [9.17, 15) is 4.79 Å². The summed E-state index contributed by atoms with van der Waals surface area (Å²) in [6.07, 6.45) is 2.93. The zero-order chi connectivity index (χ0) is 27.9. The first-order valence-corrected chi connectivity index (χ1v) is 14.1. The molecule has 0 radical (unpaired) electrons. The molecule has 0 atom stereocenters. The number of hydrogen-bond acceptors (Lipinski definition) is 5. The van der Waals surface area contributed by atoms with E-state index in [1.165, 1.54) is 17.3 Å². The molecule has 2 N–H and O–H groups in total. The Balaban J connectivity index is 1.07. The number of halogens is 2. The van der Waals surface area contributed by atoms with Gasteiger partial charge in [-0.15, -0.1) is 0 Å². The van der Waals surface area contributed by atoms with Crippen LogP contribution in [0.1, 0.15) is 11.3 Å². The van der Waals surface area contributed by atoms with Crippen LogP contribution in [0.25, 0.3) is 17.4 Å². The van der Waals surface area contributed by atoms with Gasteiger partial charge in [0.15, 0.2) is 5.11 Å². The maximum atomic E-state index is 12.4. The van der Waals surface area contributed by atoms with Gasteiger partial charge in [-0.1, -0.05) is 53.5 Å². The van der Waals surface area contributed by atoms with Crippen LogP contribution in [0.2, 0.25) is 10.0 Å². The molecule has 1 aliphatic heterocycles. The Labute approximate surface area is 249 Å². The third-order valence-corrected chi connectivity index (χ3v) is 7.32. The minimum atomic E-state index is -0.370. The summed E-state index contributed by atoms with van der Waals surface area (Å²) in [4.78, 5) is 17.2. The van der Waals surface area contributed by atoms with E-state index in [2.05, 4.69) is 62.9 Å². The number of furan rings is 1. The number of anilines is 2. The normalized spacial score (nSPS) is 13.9. The monoisotopic (exact) mass is 590 g/mol. The molecular weight excluding hydrogens is 563 g/mol. The molecule has 0 bridgehead atoms. The number of thiocarbonyl (C=S) groups is 1. The topological polar surface area (TPSA) is 60.8 Å². The highest BCUT2D eigenvalue weighted by Crippen LogP contribution is 2.31. The van der Waals surface area contributed by atoms with Gasteiger partial charge in [-0.05, 0) is 78.5 Å². The van der Waals surface area contributed by atoms with Gasteiger partial charge in [-0.2, -0.15) is 0 Å². The maximum Gasteiger partial charge on any atom is 0.250 e. The highest BCUT2D eigenvalue weighted by atomic mass is 35.5. The summed E-state index contributed by atoms with van der Waals surface area (Å²) in [7, 11) is 0. The number of carbonyl (C=O) groups excluding carboxylic acids is 1. The first kappa shape index (κ1) is 27.9. The van der Waals surface area contributed by atoms with Crippen molar-refractivity contribution >= 4 is 63.9 Å². The van der Waals surface area contributed by atoms with E-state index in [-0.39, 0.29) is 11.0 Å². The number of hydrogen-bond donors (Lipinski definition) is 2. The van der Waals surface area contributed by atoms with E-state index in [1.54, 1.807) is 36.4 Å². The second-order valence-electron chi connectivity index (χ2n) is 9.40. The number of amides is 1. The molecule has 0 saturated carbocycles. The van der Waals surface area contributed by atoms with Crippen molar-refractivity contribution in [3.05, 3.63) is 112 Å². The molecule has 1 aliphatic rings. The second kappa shape index (κ2) is 13.2. The molecule has 40 heavy (non-hydrogen) atoms. The van der Waals surface area contributed by atoms with Gasteiger partial charge in [0, 0.05) is 60.8 Å². The molecule has 1 aromatic heterocycles. The van der Waals surface area contributed by atoms with Crippen molar-refractivity contribution in [1.29, 1.82) is 0 Å². The quantitative estimate of drug-likeness (QED) is 0.177. The van der Waals surface area contributed by atoms with Crippen molar-refractivity contribution in [3.8, 4) is 11.3 Å². The van der Waals surface area contributed by atoms with Crippen molar-refractivity contribution in [2.75, 3.05) is 36.4 Å². The Bertz CT molecular complexity index is 1500. The predicted molar refractivity (Wildman–Crippen MR) is 168 cm³/mol. The fourth-order valence-corrected chi connectivity index (χ4v) is 5.23. The Morgan fingerprint density at radius 3 is 2.40 bits per heavy atom. The summed E-state index contributed by atoms with van der Waals surface area (Å²) in [6.45, 7) is 4.98. The highest BCUT2D eigenvalue weighted by molar-refractivity contribution is 7.80. The number of nitrogens with zero attached hydrogens (tertiary/aromatic N) is 2. The second-order valence-corrected chi connectivity index (χ2v) is 10.7.